The van der Waals surface area contributed by atoms with Crippen LogP contribution < -0.4 is 25.8 Å². The van der Waals surface area contributed by atoms with Crippen molar-refractivity contribution in [1.82, 2.24) is 14.5 Å². The van der Waals surface area contributed by atoms with Crippen molar-refractivity contribution in [3.05, 3.63) is 39.8 Å². The van der Waals surface area contributed by atoms with Crippen LogP contribution in [-0.4, -0.2) is 63.6 Å². The summed E-state index contributed by atoms with van der Waals surface area (Å²) in [5, 5.41) is 16.7. The van der Waals surface area contributed by atoms with Gasteiger partial charge in [-0.2, -0.15) is 4.98 Å². The highest BCUT2D eigenvalue weighted by Gasteiger charge is 2.51. The largest absolute Gasteiger partial charge is 0.480 e. The fourth-order valence-corrected chi connectivity index (χ4v) is 5.33. The summed E-state index contributed by atoms with van der Waals surface area (Å²) in [6, 6.07) is 3.96. The lowest BCUT2D eigenvalue weighted by Gasteiger charge is -2.32. The smallest absolute Gasteiger partial charge is 0.301 e. The number of nitrogens with zero attached hydrogens (tertiary/aromatic N) is 4. The number of piperidine rings is 1. The van der Waals surface area contributed by atoms with Crippen molar-refractivity contribution in [3.8, 4) is 5.75 Å². The van der Waals surface area contributed by atoms with Crippen LogP contribution in [0.4, 0.5) is 36.3 Å². The van der Waals surface area contributed by atoms with Gasteiger partial charge in [0.15, 0.2) is 12.4 Å². The molecule has 2 aromatic heterocycles. The molecule has 0 unspecified atom stereocenters. The van der Waals surface area contributed by atoms with Crippen LogP contribution in [0.5, 0.6) is 5.75 Å². The fraction of sp³-hybridized carbons (Fsp3) is 0.480. The Morgan fingerprint density at radius 3 is 2.82 bits per heavy atom. The number of benzene rings is 1. The number of fused-ring (bicyclic) bond motifs is 3. The Kier molecular flexibility index (Phi) is 6.06. The predicted octanol–water partition coefficient (Wildman–Crippen LogP) is 3.85. The Labute approximate surface area is 220 Å². The molecule has 3 N–H and O–H groups in total. The summed E-state index contributed by atoms with van der Waals surface area (Å²) in [4.78, 5) is 23.2. The SMILES string of the molecule is Cn1c(=O)c2c(c3cc(Nc4nc(N5C[C@H](O)C[C@H](F)C5)ncc4Cl)ccc31)N[C@@H](C1CC1)C(F)(F)CO2. The molecule has 1 aliphatic carbocycles. The zero-order valence-electron chi connectivity index (χ0n) is 20.4. The monoisotopic (exact) mass is 550 g/mol. The lowest BCUT2D eigenvalue weighted by atomic mass is 10.0. The second kappa shape index (κ2) is 9.19. The van der Waals surface area contributed by atoms with Crippen LogP contribution in [-0.2, 0) is 7.05 Å². The Morgan fingerprint density at radius 1 is 1.29 bits per heavy atom. The molecule has 9 nitrogen and oxygen atoms in total. The van der Waals surface area contributed by atoms with Crippen LogP contribution in [0, 0.1) is 5.92 Å². The summed E-state index contributed by atoms with van der Waals surface area (Å²) >= 11 is 6.35. The van der Waals surface area contributed by atoms with E-state index in [1.807, 2.05) is 0 Å². The number of aromatic nitrogens is 3. The first-order chi connectivity index (χ1) is 18.1. The van der Waals surface area contributed by atoms with Gasteiger partial charge in [-0.25, -0.2) is 18.2 Å². The van der Waals surface area contributed by atoms with Crippen LogP contribution in [0.25, 0.3) is 10.9 Å². The molecule has 0 bridgehead atoms. The molecule has 1 saturated carbocycles. The van der Waals surface area contributed by atoms with Gasteiger partial charge in [-0.3, -0.25) is 4.79 Å². The van der Waals surface area contributed by atoms with E-state index in [9.17, 15) is 23.1 Å². The van der Waals surface area contributed by atoms with Crippen molar-refractivity contribution >= 4 is 45.6 Å². The second-order valence-corrected chi connectivity index (χ2v) is 10.6. The molecule has 3 atom stereocenters. The van der Waals surface area contributed by atoms with E-state index >= 15 is 0 Å². The topological polar surface area (TPSA) is 105 Å². The van der Waals surface area contributed by atoms with E-state index in [2.05, 4.69) is 20.6 Å². The molecule has 1 aromatic carbocycles. The standard InChI is InChI=1S/C25H26ClF3N6O3/c1-34-18-5-4-14(31-22-17(26)8-30-24(33-22)35-9-13(27)6-15(36)10-35)7-16(18)19-20(23(34)37)38-11-25(28,29)21(32-19)12-2-3-12/h4-5,7-8,12-13,15,21,32,36H,2-3,6,9-11H2,1H3,(H,30,31,33)/t13-,15+,21-/m0/s1. The number of aliphatic hydroxyl groups excluding tert-OH is 1. The van der Waals surface area contributed by atoms with Crippen LogP contribution in [0.1, 0.15) is 19.3 Å². The van der Waals surface area contributed by atoms with E-state index in [0.717, 1.165) is 0 Å². The van der Waals surface area contributed by atoms with Gasteiger partial charge in [0.2, 0.25) is 11.7 Å². The van der Waals surface area contributed by atoms with Crippen LogP contribution in [0.3, 0.4) is 0 Å². The molecule has 0 amide bonds. The van der Waals surface area contributed by atoms with E-state index in [1.54, 1.807) is 30.1 Å². The Hall–Kier alpha value is -3.25. The number of rotatable bonds is 4. The number of alkyl halides is 3. The first-order valence-electron chi connectivity index (χ1n) is 12.4. The molecule has 2 aliphatic heterocycles. The van der Waals surface area contributed by atoms with Gasteiger partial charge in [0, 0.05) is 31.1 Å². The summed E-state index contributed by atoms with van der Waals surface area (Å²) in [5.74, 6) is -3.03. The van der Waals surface area contributed by atoms with Crippen molar-refractivity contribution in [3.63, 3.8) is 0 Å². The van der Waals surface area contributed by atoms with Gasteiger partial charge in [0.1, 0.15) is 11.2 Å². The third-order valence-electron chi connectivity index (χ3n) is 7.26. The van der Waals surface area contributed by atoms with E-state index < -0.39 is 36.4 Å². The lowest BCUT2D eigenvalue weighted by molar-refractivity contribution is -0.0579. The number of β-amino-alcohol motifs (C(OH)–C–C–N with tert-alkyl or cyclic N) is 1. The molecule has 0 radical (unpaired) electrons. The van der Waals surface area contributed by atoms with Crippen LogP contribution in [0.2, 0.25) is 5.02 Å². The van der Waals surface area contributed by atoms with Gasteiger partial charge in [0.05, 0.1) is 36.1 Å². The van der Waals surface area contributed by atoms with Crippen molar-refractivity contribution < 1.29 is 23.0 Å². The average molecular weight is 551 g/mol. The van der Waals surface area contributed by atoms with E-state index in [-0.39, 0.29) is 53.7 Å². The lowest BCUT2D eigenvalue weighted by Crippen LogP contribution is -2.45. The van der Waals surface area contributed by atoms with Crippen molar-refractivity contribution in [1.29, 1.82) is 0 Å². The quantitative estimate of drug-likeness (QED) is 0.450. The summed E-state index contributed by atoms with van der Waals surface area (Å²) in [5.41, 5.74) is 0.770. The molecule has 13 heteroatoms. The van der Waals surface area contributed by atoms with Gasteiger partial charge in [-0.1, -0.05) is 11.6 Å². The minimum absolute atomic E-state index is 0.0483. The minimum Gasteiger partial charge on any atom is -0.480 e. The molecular weight excluding hydrogens is 525 g/mol. The van der Waals surface area contributed by atoms with Crippen molar-refractivity contribution in [2.45, 2.75) is 43.5 Å². The van der Waals surface area contributed by atoms with Gasteiger partial charge in [-0.15, -0.1) is 0 Å². The number of nitrogens with one attached hydrogen (secondary N) is 2. The molecule has 38 heavy (non-hydrogen) atoms. The third kappa shape index (κ3) is 4.49. The minimum atomic E-state index is -3.14. The van der Waals surface area contributed by atoms with Gasteiger partial charge in [-0.05, 0) is 37.0 Å². The third-order valence-corrected chi connectivity index (χ3v) is 7.54. The first kappa shape index (κ1) is 25.1. The van der Waals surface area contributed by atoms with Crippen molar-refractivity contribution in [2.24, 2.45) is 13.0 Å². The van der Waals surface area contributed by atoms with Gasteiger partial charge >= 0.3 is 5.92 Å². The Morgan fingerprint density at radius 2 is 2.08 bits per heavy atom. The highest BCUT2D eigenvalue weighted by atomic mass is 35.5. The van der Waals surface area contributed by atoms with E-state index in [1.165, 1.54) is 10.8 Å². The molecule has 3 aromatic rings. The molecule has 3 aliphatic rings. The second-order valence-electron chi connectivity index (χ2n) is 10.2. The number of hydrogen-bond donors (Lipinski definition) is 3. The fourth-order valence-electron chi connectivity index (χ4n) is 5.20. The zero-order chi connectivity index (χ0) is 26.8. The molecule has 4 heterocycles. The Bertz CT molecular complexity index is 1460. The summed E-state index contributed by atoms with van der Waals surface area (Å²) in [7, 11) is 1.56. The molecular formula is C25H26ClF3N6O3. The summed E-state index contributed by atoms with van der Waals surface area (Å²) in [6.07, 6.45) is 0.768. The zero-order valence-corrected chi connectivity index (χ0v) is 21.2. The highest BCUT2D eigenvalue weighted by molar-refractivity contribution is 6.32. The van der Waals surface area contributed by atoms with E-state index in [4.69, 9.17) is 16.3 Å². The summed E-state index contributed by atoms with van der Waals surface area (Å²) < 4.78 is 50.6. The molecule has 0 spiro atoms. The maximum Gasteiger partial charge on any atom is 0.301 e. The highest BCUT2D eigenvalue weighted by Crippen LogP contribution is 2.45. The van der Waals surface area contributed by atoms with E-state index in [0.29, 0.717) is 29.4 Å². The van der Waals surface area contributed by atoms with Crippen LogP contribution in [0.15, 0.2) is 29.2 Å². The number of aryl methyl sites for hydroxylation is 1. The number of pyridine rings is 1. The number of ether oxygens (including phenoxy) is 1. The number of aliphatic hydroxyl groups is 1. The molecule has 2 fully saturated rings. The Balaban J connectivity index is 1.38. The summed E-state index contributed by atoms with van der Waals surface area (Å²) in [6.45, 7) is -0.639. The predicted molar refractivity (Wildman–Crippen MR) is 138 cm³/mol. The first-order valence-corrected chi connectivity index (χ1v) is 12.8. The normalized spacial score (nSPS) is 24.8. The van der Waals surface area contributed by atoms with Crippen molar-refractivity contribution in [2.75, 3.05) is 35.2 Å². The van der Waals surface area contributed by atoms with Gasteiger partial charge < -0.3 is 29.9 Å². The number of hydrogen-bond acceptors (Lipinski definition) is 8. The number of anilines is 4. The molecule has 1 saturated heterocycles. The average Bonchev–Trinajstić information content (AvgIpc) is 3.71. The maximum atomic E-state index is 14.9. The molecule has 6 rings (SSSR count). The number of halogens is 4. The maximum absolute atomic E-state index is 14.9. The van der Waals surface area contributed by atoms with Crippen LogP contribution >= 0.6 is 11.6 Å². The molecule has 202 valence electrons. The van der Waals surface area contributed by atoms with Gasteiger partial charge in [0.25, 0.3) is 5.56 Å².